The SMILES string of the molecule is CS(=O)(=O)CC1=CC=CCC=C1. The molecule has 0 radical (unpaired) electrons. The van der Waals surface area contributed by atoms with Crippen LogP contribution in [-0.2, 0) is 9.84 Å². The van der Waals surface area contributed by atoms with Crippen molar-refractivity contribution in [1.29, 1.82) is 0 Å². The minimum absolute atomic E-state index is 0.133. The number of sulfone groups is 1. The van der Waals surface area contributed by atoms with E-state index in [1.807, 2.05) is 30.4 Å². The van der Waals surface area contributed by atoms with Gasteiger partial charge in [0.1, 0.15) is 0 Å². The van der Waals surface area contributed by atoms with Crippen molar-refractivity contribution in [2.45, 2.75) is 6.42 Å². The first-order valence-corrected chi connectivity index (χ1v) is 5.84. The molecule has 0 atom stereocenters. The standard InChI is InChI=1S/C9H12O2S/c1-12(10,11)8-9-6-4-2-3-5-7-9/h2,4-7H,3,8H2,1H3. The third kappa shape index (κ3) is 3.53. The Kier molecular flexibility index (Phi) is 2.87. The summed E-state index contributed by atoms with van der Waals surface area (Å²) >= 11 is 0. The Hall–Kier alpha value is -0.830. The second-order valence-electron chi connectivity index (χ2n) is 2.88. The average Bonchev–Trinajstić information content (AvgIpc) is 2.12. The van der Waals surface area contributed by atoms with Crippen LogP contribution in [0.4, 0.5) is 0 Å². The summed E-state index contributed by atoms with van der Waals surface area (Å²) in [5, 5.41) is 0. The van der Waals surface area contributed by atoms with E-state index in [-0.39, 0.29) is 5.75 Å². The molecule has 0 heterocycles. The van der Waals surface area contributed by atoms with Crippen LogP contribution in [0.1, 0.15) is 6.42 Å². The Morgan fingerprint density at radius 2 is 2.17 bits per heavy atom. The van der Waals surface area contributed by atoms with E-state index >= 15 is 0 Å². The molecule has 0 aliphatic heterocycles. The second-order valence-corrected chi connectivity index (χ2v) is 5.02. The summed E-state index contributed by atoms with van der Waals surface area (Å²) in [6.45, 7) is 0. The molecule has 0 spiro atoms. The lowest BCUT2D eigenvalue weighted by Gasteiger charge is -1.97. The van der Waals surface area contributed by atoms with Crippen molar-refractivity contribution in [2.24, 2.45) is 0 Å². The van der Waals surface area contributed by atoms with Crippen LogP contribution in [-0.4, -0.2) is 20.4 Å². The molecule has 3 heteroatoms. The van der Waals surface area contributed by atoms with E-state index in [2.05, 4.69) is 0 Å². The minimum atomic E-state index is -2.89. The van der Waals surface area contributed by atoms with Crippen molar-refractivity contribution in [2.75, 3.05) is 12.0 Å². The van der Waals surface area contributed by atoms with Crippen molar-refractivity contribution in [3.8, 4) is 0 Å². The Morgan fingerprint density at radius 1 is 1.42 bits per heavy atom. The summed E-state index contributed by atoms with van der Waals surface area (Å²) in [5.41, 5.74) is 0.853. The van der Waals surface area contributed by atoms with Crippen molar-refractivity contribution >= 4 is 9.84 Å². The molecule has 0 aromatic rings. The molecule has 0 aromatic heterocycles. The molecule has 1 rings (SSSR count). The van der Waals surface area contributed by atoms with Gasteiger partial charge in [-0.1, -0.05) is 30.4 Å². The molecule has 0 saturated heterocycles. The van der Waals surface area contributed by atoms with Gasteiger partial charge in [-0.25, -0.2) is 8.42 Å². The van der Waals surface area contributed by atoms with Crippen LogP contribution in [0.15, 0.2) is 36.0 Å². The van der Waals surface area contributed by atoms with E-state index < -0.39 is 9.84 Å². The normalized spacial score (nSPS) is 17.2. The van der Waals surface area contributed by atoms with E-state index in [0.29, 0.717) is 0 Å². The first kappa shape index (κ1) is 9.26. The van der Waals surface area contributed by atoms with E-state index in [4.69, 9.17) is 0 Å². The van der Waals surface area contributed by atoms with Gasteiger partial charge in [-0.2, -0.15) is 0 Å². The van der Waals surface area contributed by atoms with Gasteiger partial charge in [-0.15, -0.1) is 0 Å². The topological polar surface area (TPSA) is 34.1 Å². The molecule has 0 saturated carbocycles. The quantitative estimate of drug-likeness (QED) is 0.651. The predicted octanol–water partition coefficient (Wildman–Crippen LogP) is 1.47. The van der Waals surface area contributed by atoms with Crippen LogP contribution in [0.2, 0.25) is 0 Å². The summed E-state index contributed by atoms with van der Waals surface area (Å²) in [7, 11) is -2.89. The molecule has 0 aromatic carbocycles. The molecule has 0 unspecified atom stereocenters. The van der Waals surface area contributed by atoms with Gasteiger partial charge in [0.05, 0.1) is 5.75 Å². The minimum Gasteiger partial charge on any atom is -0.229 e. The van der Waals surface area contributed by atoms with E-state index in [1.54, 1.807) is 0 Å². The van der Waals surface area contributed by atoms with Crippen LogP contribution in [0.25, 0.3) is 0 Å². The predicted molar refractivity (Wildman–Crippen MR) is 50.7 cm³/mol. The van der Waals surface area contributed by atoms with E-state index in [0.717, 1.165) is 12.0 Å². The van der Waals surface area contributed by atoms with Gasteiger partial charge in [0.15, 0.2) is 9.84 Å². The van der Waals surface area contributed by atoms with Crippen LogP contribution in [0.5, 0.6) is 0 Å². The zero-order valence-electron chi connectivity index (χ0n) is 7.03. The molecule has 66 valence electrons. The number of hydrogen-bond donors (Lipinski definition) is 0. The highest BCUT2D eigenvalue weighted by Gasteiger charge is 2.04. The van der Waals surface area contributed by atoms with Crippen molar-refractivity contribution in [3.05, 3.63) is 36.0 Å². The van der Waals surface area contributed by atoms with E-state index in [1.165, 1.54) is 6.26 Å². The Labute approximate surface area is 73.2 Å². The fourth-order valence-corrected chi connectivity index (χ4v) is 1.82. The molecule has 0 amide bonds. The Balaban J connectivity index is 2.76. The van der Waals surface area contributed by atoms with Gasteiger partial charge in [0.2, 0.25) is 0 Å². The third-order valence-corrected chi connectivity index (χ3v) is 2.34. The van der Waals surface area contributed by atoms with E-state index in [9.17, 15) is 8.42 Å². The van der Waals surface area contributed by atoms with Crippen LogP contribution < -0.4 is 0 Å². The molecular formula is C9H12O2S. The van der Waals surface area contributed by atoms with Gasteiger partial charge < -0.3 is 0 Å². The average molecular weight is 184 g/mol. The zero-order valence-corrected chi connectivity index (χ0v) is 7.84. The maximum absolute atomic E-state index is 10.9. The summed E-state index contributed by atoms with van der Waals surface area (Å²) in [5.74, 6) is 0.133. The molecule has 2 nitrogen and oxygen atoms in total. The summed E-state index contributed by atoms with van der Waals surface area (Å²) in [6.07, 6.45) is 11.7. The molecular weight excluding hydrogens is 172 g/mol. The zero-order chi connectivity index (χ0) is 9.03. The molecule has 1 aliphatic carbocycles. The van der Waals surface area contributed by atoms with Crippen molar-refractivity contribution in [3.63, 3.8) is 0 Å². The smallest absolute Gasteiger partial charge is 0.151 e. The largest absolute Gasteiger partial charge is 0.229 e. The highest BCUT2D eigenvalue weighted by Crippen LogP contribution is 2.06. The molecule has 1 aliphatic rings. The van der Waals surface area contributed by atoms with Gasteiger partial charge in [0.25, 0.3) is 0 Å². The van der Waals surface area contributed by atoms with Gasteiger partial charge in [0, 0.05) is 6.26 Å². The third-order valence-electron chi connectivity index (χ3n) is 1.48. The summed E-state index contributed by atoms with van der Waals surface area (Å²) in [4.78, 5) is 0. The maximum atomic E-state index is 10.9. The van der Waals surface area contributed by atoms with Crippen LogP contribution in [0.3, 0.4) is 0 Å². The lowest BCUT2D eigenvalue weighted by molar-refractivity contribution is 0.604. The summed E-state index contributed by atoms with van der Waals surface area (Å²) < 4.78 is 21.8. The number of allylic oxidation sites excluding steroid dienone is 5. The highest BCUT2D eigenvalue weighted by molar-refractivity contribution is 7.90. The van der Waals surface area contributed by atoms with Crippen molar-refractivity contribution < 1.29 is 8.42 Å². The monoisotopic (exact) mass is 184 g/mol. The highest BCUT2D eigenvalue weighted by atomic mass is 32.2. The number of hydrogen-bond acceptors (Lipinski definition) is 2. The lowest BCUT2D eigenvalue weighted by Crippen LogP contribution is -2.04. The Morgan fingerprint density at radius 3 is 2.83 bits per heavy atom. The van der Waals surface area contributed by atoms with Crippen LogP contribution in [0, 0.1) is 0 Å². The second kappa shape index (κ2) is 3.72. The fraction of sp³-hybridized carbons (Fsp3) is 0.333. The molecule has 0 bridgehead atoms. The fourth-order valence-electron chi connectivity index (χ4n) is 1.02. The first-order chi connectivity index (χ1) is 5.58. The molecule has 0 N–H and O–H groups in total. The van der Waals surface area contributed by atoms with Gasteiger partial charge in [-0.05, 0) is 12.0 Å². The first-order valence-electron chi connectivity index (χ1n) is 3.78. The molecule has 12 heavy (non-hydrogen) atoms. The Bertz CT molecular complexity index is 332. The van der Waals surface area contributed by atoms with Gasteiger partial charge >= 0.3 is 0 Å². The molecule has 0 fully saturated rings. The van der Waals surface area contributed by atoms with Gasteiger partial charge in [-0.3, -0.25) is 0 Å². The maximum Gasteiger partial charge on any atom is 0.151 e. The lowest BCUT2D eigenvalue weighted by atomic mass is 10.3. The van der Waals surface area contributed by atoms with Crippen molar-refractivity contribution in [1.82, 2.24) is 0 Å². The summed E-state index contributed by atoms with van der Waals surface area (Å²) in [6, 6.07) is 0. The number of rotatable bonds is 2. The van der Waals surface area contributed by atoms with Crippen LogP contribution >= 0.6 is 0 Å².